The van der Waals surface area contributed by atoms with Crippen molar-refractivity contribution < 1.29 is 4.74 Å². The number of aryl methyl sites for hydroxylation is 2. The van der Waals surface area contributed by atoms with Crippen LogP contribution < -0.4 is 5.32 Å². The van der Waals surface area contributed by atoms with Gasteiger partial charge in [-0.15, -0.1) is 0 Å². The summed E-state index contributed by atoms with van der Waals surface area (Å²) in [6.07, 6.45) is 1.14. The Morgan fingerprint density at radius 2 is 2.25 bits per heavy atom. The summed E-state index contributed by atoms with van der Waals surface area (Å²) in [5.41, 5.74) is 3.54. The maximum Gasteiger partial charge on any atom is 0.116 e. The molecular formula is C16H23N3O. The number of benzene rings is 1. The summed E-state index contributed by atoms with van der Waals surface area (Å²) >= 11 is 0. The summed E-state index contributed by atoms with van der Waals surface area (Å²) in [6, 6.07) is 6.84. The fourth-order valence-corrected chi connectivity index (χ4v) is 3.00. The monoisotopic (exact) mass is 273 g/mol. The van der Waals surface area contributed by atoms with E-state index in [0.717, 1.165) is 37.5 Å². The average molecular weight is 273 g/mol. The predicted octanol–water partition coefficient (Wildman–Crippen LogP) is 2.36. The summed E-state index contributed by atoms with van der Waals surface area (Å²) < 4.78 is 7.90. The Morgan fingerprint density at radius 1 is 1.40 bits per heavy atom. The number of fused-ring (bicyclic) bond motifs is 1. The molecule has 4 nitrogen and oxygen atoms in total. The van der Waals surface area contributed by atoms with Gasteiger partial charge in [-0.1, -0.05) is 13.0 Å². The third-order valence-electron chi connectivity index (χ3n) is 4.14. The molecule has 1 aromatic heterocycles. The van der Waals surface area contributed by atoms with E-state index in [2.05, 4.69) is 49.0 Å². The Balaban J connectivity index is 1.94. The van der Waals surface area contributed by atoms with Crippen molar-refractivity contribution >= 4 is 11.0 Å². The van der Waals surface area contributed by atoms with Gasteiger partial charge in [-0.3, -0.25) is 0 Å². The average Bonchev–Trinajstić information content (AvgIpc) is 3.01. The lowest BCUT2D eigenvalue weighted by atomic mass is 10.0. The number of hydrogen-bond donors (Lipinski definition) is 1. The highest BCUT2D eigenvalue weighted by Gasteiger charge is 2.32. The van der Waals surface area contributed by atoms with Crippen LogP contribution in [0.25, 0.3) is 11.0 Å². The maximum atomic E-state index is 5.68. The number of rotatable bonds is 4. The Labute approximate surface area is 120 Å². The zero-order chi connectivity index (χ0) is 14.1. The van der Waals surface area contributed by atoms with Gasteiger partial charge in [0.2, 0.25) is 0 Å². The molecule has 0 bridgehead atoms. The second-order valence-corrected chi connectivity index (χ2v) is 5.73. The molecule has 2 unspecified atom stereocenters. The smallest absolute Gasteiger partial charge is 0.116 e. The molecule has 2 heterocycles. The maximum absolute atomic E-state index is 5.68. The van der Waals surface area contributed by atoms with Crippen molar-refractivity contribution in [2.24, 2.45) is 7.05 Å². The zero-order valence-corrected chi connectivity index (χ0v) is 12.5. The summed E-state index contributed by atoms with van der Waals surface area (Å²) in [6.45, 7) is 6.88. The van der Waals surface area contributed by atoms with Crippen molar-refractivity contribution in [3.8, 4) is 0 Å². The minimum atomic E-state index is 0.347. The van der Waals surface area contributed by atoms with Gasteiger partial charge < -0.3 is 14.6 Å². The normalized spacial score (nSPS) is 22.8. The van der Waals surface area contributed by atoms with Gasteiger partial charge in [0.15, 0.2) is 0 Å². The molecule has 0 amide bonds. The number of hydrogen-bond acceptors (Lipinski definition) is 3. The number of aromatic nitrogens is 2. The van der Waals surface area contributed by atoms with E-state index in [1.807, 2.05) is 0 Å². The number of imidazole rings is 1. The van der Waals surface area contributed by atoms with Crippen LogP contribution in [0.5, 0.6) is 0 Å². The molecule has 0 aliphatic carbocycles. The van der Waals surface area contributed by atoms with Gasteiger partial charge in [-0.2, -0.15) is 0 Å². The van der Waals surface area contributed by atoms with Gasteiger partial charge in [0.25, 0.3) is 0 Å². The number of nitrogens with zero attached hydrogens (tertiary/aromatic N) is 2. The van der Waals surface area contributed by atoms with Gasteiger partial charge in [0.05, 0.1) is 30.2 Å². The molecule has 0 radical (unpaired) electrons. The molecule has 1 fully saturated rings. The van der Waals surface area contributed by atoms with Crippen LogP contribution in [0.4, 0.5) is 0 Å². The molecule has 108 valence electrons. The molecule has 0 spiro atoms. The Hall–Kier alpha value is -1.39. The highest BCUT2D eigenvalue weighted by atomic mass is 16.5. The first-order valence-electron chi connectivity index (χ1n) is 7.44. The lowest BCUT2D eigenvalue weighted by molar-refractivity contribution is 0.187. The Bertz CT molecular complexity index is 605. The van der Waals surface area contributed by atoms with Crippen LogP contribution in [0.2, 0.25) is 0 Å². The molecule has 1 aliphatic heterocycles. The fourth-order valence-electron chi connectivity index (χ4n) is 3.00. The molecule has 3 rings (SSSR count). The van der Waals surface area contributed by atoms with Gasteiger partial charge in [-0.25, -0.2) is 4.98 Å². The van der Waals surface area contributed by atoms with Crippen molar-refractivity contribution in [1.29, 1.82) is 0 Å². The minimum absolute atomic E-state index is 0.347. The van der Waals surface area contributed by atoms with Crippen molar-refractivity contribution in [3.05, 3.63) is 29.6 Å². The van der Waals surface area contributed by atoms with Crippen LogP contribution in [0, 0.1) is 6.92 Å². The molecule has 1 N–H and O–H groups in total. The standard InChI is InChI=1S/C16H23N3O/c1-4-7-17-14-10-20-9-12(14)16-18-13-8-11(2)5-6-15(13)19(16)3/h5-6,8,12,14,17H,4,7,9-10H2,1-3H3. The highest BCUT2D eigenvalue weighted by Crippen LogP contribution is 2.28. The van der Waals surface area contributed by atoms with E-state index in [0.29, 0.717) is 12.0 Å². The van der Waals surface area contributed by atoms with Gasteiger partial charge in [-0.05, 0) is 37.6 Å². The van der Waals surface area contributed by atoms with Crippen LogP contribution in [0.1, 0.15) is 30.7 Å². The van der Waals surface area contributed by atoms with Crippen LogP contribution >= 0.6 is 0 Å². The van der Waals surface area contributed by atoms with Crippen LogP contribution in [0.3, 0.4) is 0 Å². The lowest BCUT2D eigenvalue weighted by Gasteiger charge is -2.18. The molecule has 20 heavy (non-hydrogen) atoms. The zero-order valence-electron chi connectivity index (χ0n) is 12.5. The molecule has 2 atom stereocenters. The summed E-state index contributed by atoms with van der Waals surface area (Å²) in [4.78, 5) is 4.86. The second-order valence-electron chi connectivity index (χ2n) is 5.73. The Morgan fingerprint density at radius 3 is 3.05 bits per heavy atom. The molecule has 0 saturated carbocycles. The molecule has 4 heteroatoms. The van der Waals surface area contributed by atoms with Crippen LogP contribution in [-0.2, 0) is 11.8 Å². The van der Waals surface area contributed by atoms with Crippen LogP contribution in [-0.4, -0.2) is 35.4 Å². The van der Waals surface area contributed by atoms with Crippen molar-refractivity contribution in [3.63, 3.8) is 0 Å². The fraction of sp³-hybridized carbons (Fsp3) is 0.562. The van der Waals surface area contributed by atoms with E-state index < -0.39 is 0 Å². The number of nitrogens with one attached hydrogen (secondary N) is 1. The van der Waals surface area contributed by atoms with Gasteiger partial charge >= 0.3 is 0 Å². The molecule has 1 aliphatic rings. The first-order chi connectivity index (χ1) is 9.70. The predicted molar refractivity (Wildman–Crippen MR) is 81.1 cm³/mol. The second kappa shape index (κ2) is 5.54. The molecular weight excluding hydrogens is 250 g/mol. The van der Waals surface area contributed by atoms with Gasteiger partial charge in [0.1, 0.15) is 5.82 Å². The lowest BCUT2D eigenvalue weighted by Crippen LogP contribution is -2.35. The van der Waals surface area contributed by atoms with E-state index >= 15 is 0 Å². The van der Waals surface area contributed by atoms with E-state index in [4.69, 9.17) is 9.72 Å². The Kier molecular flexibility index (Phi) is 3.76. The molecule has 1 aromatic carbocycles. The first kappa shape index (κ1) is 13.6. The van der Waals surface area contributed by atoms with Crippen LogP contribution in [0.15, 0.2) is 18.2 Å². The van der Waals surface area contributed by atoms with E-state index in [-0.39, 0.29) is 0 Å². The van der Waals surface area contributed by atoms with E-state index in [1.165, 1.54) is 11.1 Å². The summed E-state index contributed by atoms with van der Waals surface area (Å²) in [7, 11) is 2.11. The topological polar surface area (TPSA) is 39.1 Å². The first-order valence-corrected chi connectivity index (χ1v) is 7.44. The molecule has 1 saturated heterocycles. The minimum Gasteiger partial charge on any atom is -0.379 e. The highest BCUT2D eigenvalue weighted by molar-refractivity contribution is 5.77. The SMILES string of the molecule is CCCNC1COCC1c1nc2cc(C)ccc2n1C. The van der Waals surface area contributed by atoms with Gasteiger partial charge in [0, 0.05) is 13.1 Å². The van der Waals surface area contributed by atoms with Crippen molar-refractivity contribution in [2.75, 3.05) is 19.8 Å². The molecule has 2 aromatic rings. The number of ether oxygens (including phenoxy) is 1. The van der Waals surface area contributed by atoms with Crippen molar-refractivity contribution in [2.45, 2.75) is 32.2 Å². The quantitative estimate of drug-likeness (QED) is 0.929. The third-order valence-corrected chi connectivity index (χ3v) is 4.14. The summed E-state index contributed by atoms with van der Waals surface area (Å²) in [5, 5.41) is 3.58. The largest absolute Gasteiger partial charge is 0.379 e. The van der Waals surface area contributed by atoms with E-state index in [9.17, 15) is 0 Å². The van der Waals surface area contributed by atoms with E-state index in [1.54, 1.807) is 0 Å². The third kappa shape index (κ3) is 2.34. The summed E-state index contributed by atoms with van der Waals surface area (Å²) in [5.74, 6) is 1.48. The van der Waals surface area contributed by atoms with Crippen molar-refractivity contribution in [1.82, 2.24) is 14.9 Å².